The summed E-state index contributed by atoms with van der Waals surface area (Å²) >= 11 is 0. The van der Waals surface area contributed by atoms with Crippen LogP contribution in [0.2, 0.25) is 0 Å². The number of fused-ring (bicyclic) bond motifs is 7. The Labute approximate surface area is 290 Å². The molecule has 0 saturated carbocycles. The van der Waals surface area contributed by atoms with Crippen LogP contribution in [-0.2, 0) is 16.2 Å². The lowest BCUT2D eigenvalue weighted by molar-refractivity contribution is 0.333. The van der Waals surface area contributed by atoms with Gasteiger partial charge in [-0.15, -0.1) is 0 Å². The molecule has 0 unspecified atom stereocenters. The van der Waals surface area contributed by atoms with Gasteiger partial charge in [-0.3, -0.25) is 0 Å². The van der Waals surface area contributed by atoms with Gasteiger partial charge in [0.05, 0.1) is 5.69 Å². The Morgan fingerprint density at radius 1 is 0.469 bits per heavy atom. The summed E-state index contributed by atoms with van der Waals surface area (Å²) in [5.74, 6) is 0. The topological polar surface area (TPSA) is 16.4 Å². The Kier molecular flexibility index (Phi) is 6.41. The number of rotatable bonds is 4. The minimum absolute atomic E-state index is 0.0428. The zero-order valence-electron chi connectivity index (χ0n) is 29.4. The average Bonchev–Trinajstić information content (AvgIpc) is 3.58. The molecule has 0 atom stereocenters. The standard InChI is InChI=1S/C47H43NO/c1-45(2)25-26-46(3,4)44-34(19-14-21-39(44)45)36-28-35-32-17-10-12-20-38(32)47(5,6)40(35)29-41(36)48(30-15-8-7-9-16-30)31-23-24-43-37(27-31)33-18-11-13-22-42(33)49-43/h7-24,27-29H,25-26H2,1-6H3. The number of nitrogens with zero attached hydrogens (tertiary/aromatic N) is 1. The highest BCUT2D eigenvalue weighted by molar-refractivity contribution is 6.07. The van der Waals surface area contributed by atoms with E-state index in [1.165, 1.54) is 56.6 Å². The summed E-state index contributed by atoms with van der Waals surface area (Å²) in [5, 5.41) is 2.27. The third kappa shape index (κ3) is 4.46. The van der Waals surface area contributed by atoms with Gasteiger partial charge in [-0.25, -0.2) is 0 Å². The molecule has 1 heterocycles. The fourth-order valence-corrected chi connectivity index (χ4v) is 8.95. The van der Waals surface area contributed by atoms with Crippen molar-refractivity contribution in [2.45, 2.75) is 70.6 Å². The molecule has 0 N–H and O–H groups in total. The highest BCUT2D eigenvalue weighted by atomic mass is 16.3. The van der Waals surface area contributed by atoms with E-state index in [1.807, 2.05) is 6.07 Å². The largest absolute Gasteiger partial charge is 0.456 e. The van der Waals surface area contributed by atoms with Crippen LogP contribution in [0.1, 0.15) is 76.6 Å². The van der Waals surface area contributed by atoms with Gasteiger partial charge in [0.1, 0.15) is 11.2 Å². The Hall–Kier alpha value is -5.08. The van der Waals surface area contributed by atoms with Gasteiger partial charge >= 0.3 is 0 Å². The lowest BCUT2D eigenvalue weighted by Crippen LogP contribution is -2.34. The van der Waals surface area contributed by atoms with Crippen molar-refractivity contribution < 1.29 is 4.42 Å². The Morgan fingerprint density at radius 3 is 1.98 bits per heavy atom. The summed E-state index contributed by atoms with van der Waals surface area (Å²) < 4.78 is 6.30. The SMILES string of the molecule is CC1(C)CCC(C)(C)c2c(-c3cc4c(cc3N(c3ccccc3)c3ccc5oc6ccccc6c5c3)C(C)(C)c3ccccc3-4)cccc21. The number of anilines is 3. The Morgan fingerprint density at radius 2 is 1.14 bits per heavy atom. The molecule has 2 aliphatic carbocycles. The first-order valence-corrected chi connectivity index (χ1v) is 17.7. The zero-order chi connectivity index (χ0) is 33.7. The zero-order valence-corrected chi connectivity index (χ0v) is 29.4. The van der Waals surface area contributed by atoms with E-state index in [-0.39, 0.29) is 16.2 Å². The van der Waals surface area contributed by atoms with Crippen LogP contribution in [0.3, 0.4) is 0 Å². The van der Waals surface area contributed by atoms with Gasteiger partial charge in [-0.2, -0.15) is 0 Å². The second-order valence-corrected chi connectivity index (χ2v) is 16.0. The van der Waals surface area contributed by atoms with E-state index < -0.39 is 0 Å². The van der Waals surface area contributed by atoms with E-state index in [0.717, 1.165) is 39.7 Å². The first-order chi connectivity index (χ1) is 23.5. The fourth-order valence-electron chi connectivity index (χ4n) is 8.95. The smallest absolute Gasteiger partial charge is 0.135 e. The van der Waals surface area contributed by atoms with Crippen molar-refractivity contribution in [3.63, 3.8) is 0 Å². The maximum Gasteiger partial charge on any atom is 0.135 e. The summed E-state index contributed by atoms with van der Waals surface area (Å²) in [5.41, 5.74) is 16.3. The molecule has 6 aromatic carbocycles. The molecule has 0 fully saturated rings. The molecule has 2 nitrogen and oxygen atoms in total. The van der Waals surface area contributed by atoms with Gasteiger partial charge in [0.15, 0.2) is 0 Å². The molecule has 1 aromatic heterocycles. The first kappa shape index (κ1) is 30.0. The summed E-state index contributed by atoms with van der Waals surface area (Å²) in [6, 6.07) is 47.0. The number of hydrogen-bond acceptors (Lipinski definition) is 2. The van der Waals surface area contributed by atoms with Gasteiger partial charge in [0.2, 0.25) is 0 Å². The van der Waals surface area contributed by atoms with Gasteiger partial charge in [0, 0.05) is 33.1 Å². The van der Waals surface area contributed by atoms with Gasteiger partial charge in [-0.1, -0.05) is 120 Å². The van der Waals surface area contributed by atoms with Crippen molar-refractivity contribution in [3.8, 4) is 22.3 Å². The summed E-state index contributed by atoms with van der Waals surface area (Å²) in [6.45, 7) is 14.5. The van der Waals surface area contributed by atoms with Gasteiger partial charge < -0.3 is 9.32 Å². The molecular weight excluding hydrogens is 595 g/mol. The Balaban J connectivity index is 1.39. The Bertz CT molecular complexity index is 2420. The molecule has 0 radical (unpaired) electrons. The monoisotopic (exact) mass is 637 g/mol. The maximum atomic E-state index is 6.30. The molecule has 9 rings (SSSR count). The van der Waals surface area contributed by atoms with E-state index >= 15 is 0 Å². The van der Waals surface area contributed by atoms with Crippen molar-refractivity contribution in [1.82, 2.24) is 0 Å². The summed E-state index contributed by atoms with van der Waals surface area (Å²) in [4.78, 5) is 2.48. The number of furan rings is 1. The van der Waals surface area contributed by atoms with Crippen LogP contribution >= 0.6 is 0 Å². The molecular formula is C47H43NO. The minimum atomic E-state index is -0.135. The number of hydrogen-bond donors (Lipinski definition) is 0. The summed E-state index contributed by atoms with van der Waals surface area (Å²) in [7, 11) is 0. The number of benzene rings is 6. The summed E-state index contributed by atoms with van der Waals surface area (Å²) in [6.07, 6.45) is 2.34. The van der Waals surface area contributed by atoms with Gasteiger partial charge in [-0.05, 0) is 111 Å². The lowest BCUT2D eigenvalue weighted by atomic mass is 9.61. The lowest BCUT2D eigenvalue weighted by Gasteiger charge is -2.43. The minimum Gasteiger partial charge on any atom is -0.456 e. The second kappa shape index (κ2) is 10.5. The average molecular weight is 638 g/mol. The van der Waals surface area contributed by atoms with E-state index in [9.17, 15) is 0 Å². The fraction of sp³-hybridized carbons (Fsp3) is 0.234. The van der Waals surface area contributed by atoms with Crippen LogP contribution in [0, 0.1) is 0 Å². The highest BCUT2D eigenvalue weighted by Gasteiger charge is 2.41. The van der Waals surface area contributed by atoms with Crippen molar-refractivity contribution in [3.05, 3.63) is 150 Å². The van der Waals surface area contributed by atoms with Crippen LogP contribution in [0.15, 0.2) is 132 Å². The van der Waals surface area contributed by atoms with Crippen LogP contribution < -0.4 is 4.90 Å². The molecule has 49 heavy (non-hydrogen) atoms. The quantitative estimate of drug-likeness (QED) is 0.191. The van der Waals surface area contributed by atoms with Crippen molar-refractivity contribution in [2.24, 2.45) is 0 Å². The van der Waals surface area contributed by atoms with Crippen molar-refractivity contribution in [2.75, 3.05) is 4.90 Å². The van der Waals surface area contributed by atoms with E-state index in [1.54, 1.807) is 0 Å². The third-order valence-electron chi connectivity index (χ3n) is 11.7. The predicted molar refractivity (Wildman–Crippen MR) is 207 cm³/mol. The van der Waals surface area contributed by atoms with E-state index in [4.69, 9.17) is 4.42 Å². The molecule has 0 amide bonds. The molecule has 0 bridgehead atoms. The third-order valence-corrected chi connectivity index (χ3v) is 11.7. The first-order valence-electron chi connectivity index (χ1n) is 17.7. The molecule has 2 aliphatic rings. The van der Waals surface area contributed by atoms with Crippen LogP contribution in [0.4, 0.5) is 17.1 Å². The van der Waals surface area contributed by atoms with E-state index in [2.05, 4.69) is 168 Å². The second-order valence-electron chi connectivity index (χ2n) is 16.0. The molecule has 0 saturated heterocycles. The predicted octanol–water partition coefficient (Wildman–Crippen LogP) is 13.4. The molecule has 0 spiro atoms. The normalized spacial score (nSPS) is 16.7. The highest BCUT2D eigenvalue weighted by Crippen LogP contribution is 2.56. The van der Waals surface area contributed by atoms with Crippen molar-refractivity contribution >= 4 is 39.0 Å². The van der Waals surface area contributed by atoms with Crippen LogP contribution in [-0.4, -0.2) is 0 Å². The number of para-hydroxylation sites is 2. The molecule has 0 aliphatic heterocycles. The molecule has 242 valence electrons. The van der Waals surface area contributed by atoms with Crippen LogP contribution in [0.25, 0.3) is 44.2 Å². The maximum absolute atomic E-state index is 6.30. The van der Waals surface area contributed by atoms with E-state index in [0.29, 0.717) is 0 Å². The van der Waals surface area contributed by atoms with Gasteiger partial charge in [0.25, 0.3) is 0 Å². The molecule has 7 aromatic rings. The molecule has 2 heteroatoms. The van der Waals surface area contributed by atoms with Crippen LogP contribution in [0.5, 0.6) is 0 Å². The van der Waals surface area contributed by atoms with Crippen molar-refractivity contribution in [1.29, 1.82) is 0 Å².